The lowest BCUT2D eigenvalue weighted by Crippen LogP contribution is -2.68. The monoisotopic (exact) mass is 372 g/mol. The Morgan fingerprint density at radius 1 is 1.28 bits per heavy atom. The average molecular weight is 373 g/mol. The predicted molar refractivity (Wildman–Crippen MR) is 99.0 cm³/mol. The molecule has 3 atom stereocenters. The molecule has 3 N–H and O–H groups in total. The van der Waals surface area contributed by atoms with E-state index < -0.39 is 10.0 Å². The molecule has 0 aromatic heterocycles. The first-order valence-corrected chi connectivity index (χ1v) is 11.0. The van der Waals surface area contributed by atoms with Gasteiger partial charge in [0.15, 0.2) is 5.96 Å². The summed E-state index contributed by atoms with van der Waals surface area (Å²) >= 11 is 0. The third-order valence-electron chi connectivity index (χ3n) is 6.10. The van der Waals surface area contributed by atoms with Gasteiger partial charge < -0.3 is 15.4 Å². The van der Waals surface area contributed by atoms with E-state index >= 15 is 0 Å². The summed E-state index contributed by atoms with van der Waals surface area (Å²) < 4.78 is 32.6. The Morgan fingerprint density at radius 3 is 2.68 bits per heavy atom. The molecule has 144 valence electrons. The van der Waals surface area contributed by atoms with Gasteiger partial charge in [-0.05, 0) is 25.2 Å². The van der Waals surface area contributed by atoms with Gasteiger partial charge in [0, 0.05) is 44.1 Å². The highest BCUT2D eigenvalue weighted by Gasteiger charge is 2.59. The molecule has 2 saturated carbocycles. The largest absolute Gasteiger partial charge is 0.377 e. The maximum absolute atomic E-state index is 12.1. The van der Waals surface area contributed by atoms with Crippen LogP contribution in [0.4, 0.5) is 0 Å². The van der Waals surface area contributed by atoms with Crippen molar-refractivity contribution in [1.29, 1.82) is 0 Å². The van der Waals surface area contributed by atoms with Crippen LogP contribution in [0.1, 0.15) is 39.5 Å². The second kappa shape index (κ2) is 7.40. The minimum Gasteiger partial charge on any atom is -0.377 e. The van der Waals surface area contributed by atoms with E-state index in [9.17, 15) is 8.42 Å². The first-order valence-electron chi connectivity index (χ1n) is 9.39. The number of nitrogens with one attached hydrogen (secondary N) is 3. The lowest BCUT2D eigenvalue weighted by Gasteiger charge is -2.54. The van der Waals surface area contributed by atoms with Crippen molar-refractivity contribution in [3.8, 4) is 0 Å². The molecule has 1 aliphatic heterocycles. The summed E-state index contributed by atoms with van der Waals surface area (Å²) in [5.41, 5.74) is 0.0647. The molecule has 8 heteroatoms. The molecule has 1 heterocycles. The lowest BCUT2D eigenvalue weighted by atomic mass is 9.57. The number of aliphatic imine (C=N–C) groups is 1. The van der Waals surface area contributed by atoms with Gasteiger partial charge in [-0.15, -0.1) is 0 Å². The molecule has 0 radical (unpaired) electrons. The van der Waals surface area contributed by atoms with E-state index in [4.69, 9.17) is 4.74 Å². The molecule has 0 aromatic rings. The standard InChI is InChI=1S/C17H32N4O3S/c1-17(2)14(13-7-9-24-15(13)17)21-16(18-3)19-8-10-25(22,23)20-11-12-5-4-6-12/h12-15,20H,4-11H2,1-3H3,(H2,18,19,21). The molecule has 2 aliphatic carbocycles. The highest BCUT2D eigenvalue weighted by Crippen LogP contribution is 2.52. The van der Waals surface area contributed by atoms with Crippen molar-refractivity contribution in [2.45, 2.75) is 51.7 Å². The van der Waals surface area contributed by atoms with Gasteiger partial charge in [-0.3, -0.25) is 4.99 Å². The number of rotatable bonds is 7. The molecule has 3 rings (SSSR count). The van der Waals surface area contributed by atoms with E-state index in [0.29, 0.717) is 43.0 Å². The van der Waals surface area contributed by atoms with E-state index in [1.165, 1.54) is 6.42 Å². The summed E-state index contributed by atoms with van der Waals surface area (Å²) in [7, 11) is -1.51. The molecule has 3 unspecified atom stereocenters. The van der Waals surface area contributed by atoms with Crippen LogP contribution in [-0.4, -0.2) is 59.0 Å². The van der Waals surface area contributed by atoms with Crippen molar-refractivity contribution in [2.24, 2.45) is 22.2 Å². The summed E-state index contributed by atoms with van der Waals surface area (Å²) in [6, 6.07) is 0.305. The van der Waals surface area contributed by atoms with Gasteiger partial charge in [-0.1, -0.05) is 20.3 Å². The quantitative estimate of drug-likeness (QED) is 0.452. The van der Waals surface area contributed by atoms with Crippen molar-refractivity contribution in [3.05, 3.63) is 0 Å². The molecule has 1 saturated heterocycles. The van der Waals surface area contributed by atoms with E-state index in [0.717, 1.165) is 25.9 Å². The number of ether oxygens (including phenoxy) is 1. The Hall–Kier alpha value is -0.860. The SMILES string of the molecule is CN=C(NCCS(=O)(=O)NCC1CCC1)NC1C2CCOC2C1(C)C. The van der Waals surface area contributed by atoms with Crippen molar-refractivity contribution in [2.75, 3.05) is 32.5 Å². The van der Waals surface area contributed by atoms with Gasteiger partial charge in [-0.25, -0.2) is 13.1 Å². The lowest BCUT2D eigenvalue weighted by molar-refractivity contribution is -0.106. The van der Waals surface area contributed by atoms with Gasteiger partial charge >= 0.3 is 0 Å². The van der Waals surface area contributed by atoms with Gasteiger partial charge in [-0.2, -0.15) is 0 Å². The maximum atomic E-state index is 12.1. The Bertz CT molecular complexity index is 601. The molecule has 0 aromatic carbocycles. The minimum absolute atomic E-state index is 0.0592. The second-order valence-electron chi connectivity index (χ2n) is 8.15. The van der Waals surface area contributed by atoms with E-state index in [1.54, 1.807) is 7.05 Å². The topological polar surface area (TPSA) is 91.8 Å². The van der Waals surface area contributed by atoms with Crippen LogP contribution in [0.25, 0.3) is 0 Å². The second-order valence-corrected chi connectivity index (χ2v) is 10.1. The molecule has 0 bridgehead atoms. The fourth-order valence-electron chi connectivity index (χ4n) is 4.28. The van der Waals surface area contributed by atoms with E-state index in [2.05, 4.69) is 34.2 Å². The van der Waals surface area contributed by atoms with Crippen molar-refractivity contribution in [1.82, 2.24) is 15.4 Å². The average Bonchev–Trinajstić information content (AvgIpc) is 2.95. The minimum atomic E-state index is -3.23. The number of sulfonamides is 1. The maximum Gasteiger partial charge on any atom is 0.213 e. The molecule has 25 heavy (non-hydrogen) atoms. The molecule has 3 aliphatic rings. The Balaban J connectivity index is 1.42. The normalized spacial score (nSPS) is 31.8. The molecule has 0 amide bonds. The summed E-state index contributed by atoms with van der Waals surface area (Å²) in [5, 5.41) is 6.60. The Morgan fingerprint density at radius 2 is 2.04 bits per heavy atom. The number of guanidine groups is 1. The van der Waals surface area contributed by atoms with Crippen LogP contribution >= 0.6 is 0 Å². The molecular weight excluding hydrogens is 340 g/mol. The fourth-order valence-corrected chi connectivity index (χ4v) is 5.28. The summed E-state index contributed by atoms with van der Waals surface area (Å²) in [6.45, 7) is 6.17. The zero-order valence-corrected chi connectivity index (χ0v) is 16.4. The van der Waals surface area contributed by atoms with Crippen LogP contribution in [0, 0.1) is 17.3 Å². The number of fused-ring (bicyclic) bond motifs is 1. The van der Waals surface area contributed by atoms with Crippen molar-refractivity contribution < 1.29 is 13.2 Å². The van der Waals surface area contributed by atoms with Crippen LogP contribution < -0.4 is 15.4 Å². The summed E-state index contributed by atoms with van der Waals surface area (Å²) in [5.74, 6) is 1.77. The van der Waals surface area contributed by atoms with Crippen molar-refractivity contribution >= 4 is 16.0 Å². The van der Waals surface area contributed by atoms with Gasteiger partial charge in [0.2, 0.25) is 10.0 Å². The Kier molecular flexibility index (Phi) is 5.60. The zero-order valence-electron chi connectivity index (χ0n) is 15.5. The first kappa shape index (κ1) is 18.9. The third-order valence-corrected chi connectivity index (χ3v) is 7.44. The van der Waals surface area contributed by atoms with E-state index in [1.807, 2.05) is 0 Å². The summed E-state index contributed by atoms with van der Waals surface area (Å²) in [6.07, 6.45) is 4.89. The number of hydrogen-bond acceptors (Lipinski definition) is 4. The van der Waals surface area contributed by atoms with Gasteiger partial charge in [0.05, 0.1) is 11.9 Å². The molecule has 0 spiro atoms. The van der Waals surface area contributed by atoms with E-state index in [-0.39, 0.29) is 11.2 Å². The van der Waals surface area contributed by atoms with Gasteiger partial charge in [0.25, 0.3) is 0 Å². The third kappa shape index (κ3) is 4.11. The fraction of sp³-hybridized carbons (Fsp3) is 0.941. The highest BCUT2D eigenvalue weighted by molar-refractivity contribution is 7.89. The first-order chi connectivity index (χ1) is 11.8. The zero-order chi connectivity index (χ0) is 18.1. The van der Waals surface area contributed by atoms with Gasteiger partial charge in [0.1, 0.15) is 0 Å². The Labute approximate surface area is 151 Å². The van der Waals surface area contributed by atoms with Crippen LogP contribution in [0.2, 0.25) is 0 Å². The molecule has 3 fully saturated rings. The molecular formula is C17H32N4O3S. The summed E-state index contributed by atoms with van der Waals surface area (Å²) in [4.78, 5) is 4.24. The predicted octanol–water partition coefficient (Wildman–Crippen LogP) is 0.684. The number of hydrogen-bond donors (Lipinski definition) is 3. The van der Waals surface area contributed by atoms with Crippen molar-refractivity contribution in [3.63, 3.8) is 0 Å². The smallest absolute Gasteiger partial charge is 0.213 e. The van der Waals surface area contributed by atoms with Crippen LogP contribution in [0.5, 0.6) is 0 Å². The molecule has 7 nitrogen and oxygen atoms in total. The highest BCUT2D eigenvalue weighted by atomic mass is 32.2. The van der Waals surface area contributed by atoms with Crippen LogP contribution in [-0.2, 0) is 14.8 Å². The van der Waals surface area contributed by atoms with Crippen LogP contribution in [0.15, 0.2) is 4.99 Å². The van der Waals surface area contributed by atoms with Crippen LogP contribution in [0.3, 0.4) is 0 Å². The number of nitrogens with zero attached hydrogens (tertiary/aromatic N) is 1.